The van der Waals surface area contributed by atoms with Crippen LogP contribution in [0.2, 0.25) is 0 Å². The second-order valence-corrected chi connectivity index (χ2v) is 14.6. The Bertz CT molecular complexity index is 823. The van der Waals surface area contributed by atoms with E-state index in [0.717, 1.165) is 25.2 Å². The lowest BCUT2D eigenvalue weighted by Gasteiger charge is -2.09. The minimum Gasteiger partial charge on any atom is -0.491 e. The first-order chi connectivity index (χ1) is 26.9. The van der Waals surface area contributed by atoms with E-state index in [1.807, 2.05) is 0 Å². The first-order valence-corrected chi connectivity index (χ1v) is 22.6. The number of unbranched alkanes of at least 4 members (excludes halogenated alkanes) is 20. The molecule has 0 bridgehead atoms. The standard InChI is InChI=1S/C46H86O8/c1-3-5-7-9-11-12-13-14-15-16-17-18-19-20-22-24-30-47-31-32-48-33-34-49-35-36-50-37-38-51-39-40-52-41-42-53-43-44-54-46-28-26-45(27-29-46)25-23-21-10-8-6-4-2/h26-29H,3-25,30-44H2,1-2H3. The highest BCUT2D eigenvalue weighted by atomic mass is 16.6. The van der Waals surface area contributed by atoms with Crippen molar-refractivity contribution in [1.29, 1.82) is 0 Å². The van der Waals surface area contributed by atoms with Crippen LogP contribution >= 0.6 is 0 Å². The number of ether oxygens (including phenoxy) is 8. The molecule has 0 saturated heterocycles. The molecule has 1 aromatic rings. The maximum Gasteiger partial charge on any atom is 0.119 e. The maximum atomic E-state index is 5.79. The van der Waals surface area contributed by atoms with Gasteiger partial charge in [0.25, 0.3) is 0 Å². The average molecular weight is 767 g/mol. The van der Waals surface area contributed by atoms with E-state index in [2.05, 4.69) is 38.1 Å². The number of hydrogen-bond donors (Lipinski definition) is 0. The topological polar surface area (TPSA) is 73.8 Å². The Morgan fingerprint density at radius 2 is 0.556 bits per heavy atom. The Morgan fingerprint density at radius 3 is 0.907 bits per heavy atom. The minimum atomic E-state index is 0.536. The Labute approximate surface area is 333 Å². The van der Waals surface area contributed by atoms with Crippen molar-refractivity contribution >= 4 is 0 Å². The lowest BCUT2D eigenvalue weighted by Crippen LogP contribution is -2.15. The van der Waals surface area contributed by atoms with Crippen LogP contribution in [0.15, 0.2) is 24.3 Å². The zero-order valence-electron chi connectivity index (χ0n) is 35.4. The summed E-state index contributed by atoms with van der Waals surface area (Å²) in [5.74, 6) is 0.896. The third kappa shape index (κ3) is 39.0. The quantitative estimate of drug-likeness (QED) is 0.0607. The molecule has 0 fully saturated rings. The molecule has 0 spiro atoms. The summed E-state index contributed by atoms with van der Waals surface area (Å²) >= 11 is 0. The van der Waals surface area contributed by atoms with Gasteiger partial charge in [0.05, 0.1) is 85.9 Å². The predicted octanol–water partition coefficient (Wildman–Crippen LogP) is 11.3. The summed E-state index contributed by atoms with van der Waals surface area (Å²) in [6.07, 6.45) is 31.4. The van der Waals surface area contributed by atoms with Gasteiger partial charge in [0.15, 0.2) is 0 Å². The molecule has 0 heterocycles. The SMILES string of the molecule is CCCCCCCCCCCCCCCCCCOCCOCCOCCOCCOCCOCCOCCOc1ccc(CCCCCCCC)cc1. The van der Waals surface area contributed by atoms with Crippen LogP contribution in [-0.4, -0.2) is 99.1 Å². The summed E-state index contributed by atoms with van der Waals surface area (Å²) < 4.78 is 44.9. The van der Waals surface area contributed by atoms with Crippen LogP contribution in [0.5, 0.6) is 5.75 Å². The lowest BCUT2D eigenvalue weighted by atomic mass is 10.0. The van der Waals surface area contributed by atoms with E-state index in [1.165, 1.54) is 140 Å². The first kappa shape index (κ1) is 50.8. The van der Waals surface area contributed by atoms with Crippen molar-refractivity contribution in [2.24, 2.45) is 0 Å². The summed E-state index contributed by atoms with van der Waals surface area (Å²) in [5, 5.41) is 0. The molecule has 0 aliphatic carbocycles. The van der Waals surface area contributed by atoms with Gasteiger partial charge in [-0.25, -0.2) is 0 Å². The number of hydrogen-bond acceptors (Lipinski definition) is 8. The third-order valence-corrected chi connectivity index (χ3v) is 9.61. The van der Waals surface area contributed by atoms with E-state index < -0.39 is 0 Å². The number of benzene rings is 1. The van der Waals surface area contributed by atoms with Gasteiger partial charge in [-0.2, -0.15) is 0 Å². The molecule has 0 radical (unpaired) electrons. The van der Waals surface area contributed by atoms with Crippen LogP contribution in [0, 0.1) is 0 Å². The highest BCUT2D eigenvalue weighted by Gasteiger charge is 2.00. The molecule has 54 heavy (non-hydrogen) atoms. The Hall–Kier alpha value is -1.26. The molecule has 8 heteroatoms. The van der Waals surface area contributed by atoms with Crippen LogP contribution in [-0.2, 0) is 39.6 Å². The Morgan fingerprint density at radius 1 is 0.278 bits per heavy atom. The molecule has 1 aromatic carbocycles. The van der Waals surface area contributed by atoms with E-state index in [1.54, 1.807) is 0 Å². The molecule has 0 aromatic heterocycles. The second-order valence-electron chi connectivity index (χ2n) is 14.6. The molecule has 318 valence electrons. The van der Waals surface area contributed by atoms with E-state index in [9.17, 15) is 0 Å². The molecule has 1 rings (SSSR count). The van der Waals surface area contributed by atoms with Gasteiger partial charge < -0.3 is 37.9 Å². The van der Waals surface area contributed by atoms with E-state index in [-0.39, 0.29) is 0 Å². The van der Waals surface area contributed by atoms with Crippen LogP contribution in [0.25, 0.3) is 0 Å². The van der Waals surface area contributed by atoms with Crippen LogP contribution < -0.4 is 4.74 Å². The molecule has 0 N–H and O–H groups in total. The summed E-state index contributed by atoms with van der Waals surface area (Å²) in [7, 11) is 0. The molecular weight excluding hydrogens is 680 g/mol. The van der Waals surface area contributed by atoms with E-state index in [4.69, 9.17) is 37.9 Å². The minimum absolute atomic E-state index is 0.536. The van der Waals surface area contributed by atoms with Gasteiger partial charge in [0.1, 0.15) is 12.4 Å². The molecule has 0 aliphatic heterocycles. The highest BCUT2D eigenvalue weighted by Crippen LogP contribution is 2.16. The van der Waals surface area contributed by atoms with Gasteiger partial charge in [0, 0.05) is 6.61 Å². The molecule has 0 unspecified atom stereocenters. The van der Waals surface area contributed by atoms with Crippen molar-refractivity contribution < 1.29 is 37.9 Å². The fourth-order valence-electron chi connectivity index (χ4n) is 6.25. The van der Waals surface area contributed by atoms with E-state index >= 15 is 0 Å². The van der Waals surface area contributed by atoms with Crippen molar-refractivity contribution in [2.45, 2.75) is 162 Å². The summed E-state index contributed by atoms with van der Waals surface area (Å²) in [6, 6.07) is 8.48. The smallest absolute Gasteiger partial charge is 0.119 e. The maximum absolute atomic E-state index is 5.79. The Kier molecular flexibility index (Phi) is 41.8. The van der Waals surface area contributed by atoms with Crippen molar-refractivity contribution in [3.05, 3.63) is 29.8 Å². The van der Waals surface area contributed by atoms with Crippen molar-refractivity contribution in [3.8, 4) is 5.75 Å². The van der Waals surface area contributed by atoms with Crippen LogP contribution in [0.4, 0.5) is 0 Å². The van der Waals surface area contributed by atoms with E-state index in [0.29, 0.717) is 92.5 Å². The number of rotatable bonds is 46. The first-order valence-electron chi connectivity index (χ1n) is 22.6. The van der Waals surface area contributed by atoms with Gasteiger partial charge in [-0.3, -0.25) is 0 Å². The molecule has 0 aliphatic rings. The Balaban J connectivity index is 1.66. The van der Waals surface area contributed by atoms with Gasteiger partial charge in [0.2, 0.25) is 0 Å². The van der Waals surface area contributed by atoms with Crippen molar-refractivity contribution in [2.75, 3.05) is 99.1 Å². The van der Waals surface area contributed by atoms with Gasteiger partial charge >= 0.3 is 0 Å². The zero-order chi connectivity index (χ0) is 38.5. The normalized spacial score (nSPS) is 11.5. The fourth-order valence-corrected chi connectivity index (χ4v) is 6.25. The van der Waals surface area contributed by atoms with Gasteiger partial charge in [-0.15, -0.1) is 0 Å². The van der Waals surface area contributed by atoms with Crippen LogP contribution in [0.3, 0.4) is 0 Å². The van der Waals surface area contributed by atoms with Crippen molar-refractivity contribution in [1.82, 2.24) is 0 Å². The molecule has 0 amide bonds. The van der Waals surface area contributed by atoms with Gasteiger partial charge in [-0.1, -0.05) is 154 Å². The van der Waals surface area contributed by atoms with Crippen molar-refractivity contribution in [3.63, 3.8) is 0 Å². The molecule has 0 saturated carbocycles. The lowest BCUT2D eigenvalue weighted by molar-refractivity contribution is -0.0213. The zero-order valence-corrected chi connectivity index (χ0v) is 35.4. The third-order valence-electron chi connectivity index (χ3n) is 9.61. The monoisotopic (exact) mass is 767 g/mol. The summed E-state index contributed by atoms with van der Waals surface area (Å²) in [4.78, 5) is 0. The largest absolute Gasteiger partial charge is 0.491 e. The number of aryl methyl sites for hydroxylation is 1. The summed E-state index contributed by atoms with van der Waals surface area (Å²) in [6.45, 7) is 13.3. The molecular formula is C46H86O8. The predicted molar refractivity (Wildman–Crippen MR) is 224 cm³/mol. The average Bonchev–Trinajstić information content (AvgIpc) is 3.19. The molecule has 8 nitrogen and oxygen atoms in total. The highest BCUT2D eigenvalue weighted by molar-refractivity contribution is 5.27. The molecule has 0 atom stereocenters. The van der Waals surface area contributed by atoms with Gasteiger partial charge in [-0.05, 0) is 37.0 Å². The van der Waals surface area contributed by atoms with Crippen LogP contribution in [0.1, 0.15) is 161 Å². The second kappa shape index (κ2) is 44.5. The fraction of sp³-hybridized carbons (Fsp3) is 0.870. The summed E-state index contributed by atoms with van der Waals surface area (Å²) in [5.41, 5.74) is 1.39.